The van der Waals surface area contributed by atoms with Crippen molar-refractivity contribution >= 4 is 39.0 Å². The fraction of sp³-hybridized carbons (Fsp3) is 0.0571. The zero-order valence-corrected chi connectivity index (χ0v) is 40.3. The average Bonchev–Trinajstić information content (AvgIpc) is 4.06. The van der Waals surface area contributed by atoms with Crippen molar-refractivity contribution in [3.63, 3.8) is 0 Å². The molecule has 1 unspecified atom stereocenters. The van der Waals surface area contributed by atoms with Crippen LogP contribution in [0.25, 0.3) is 88.7 Å². The fourth-order valence-electron chi connectivity index (χ4n) is 13.6. The topological polar surface area (TPSA) is 25.6 Å². The minimum absolute atomic E-state index is 0.213. The molecule has 0 fully saturated rings. The van der Waals surface area contributed by atoms with Crippen molar-refractivity contribution < 1.29 is 9.15 Å². The maximum Gasteiger partial charge on any atom is 0.159 e. The summed E-state index contributed by atoms with van der Waals surface area (Å²) in [5, 5.41) is 2.26. The molecule has 2 heterocycles. The molecule has 0 amide bonds. The number of hydrogen-bond donors (Lipinski definition) is 0. The highest BCUT2D eigenvalue weighted by Crippen LogP contribution is 2.64. The van der Waals surface area contributed by atoms with Crippen molar-refractivity contribution in [2.45, 2.75) is 24.7 Å². The molecular formula is C70H45NO2. The summed E-state index contributed by atoms with van der Waals surface area (Å²) in [6.07, 6.45) is 0. The second-order valence-electron chi connectivity index (χ2n) is 20.6. The van der Waals surface area contributed by atoms with Gasteiger partial charge >= 0.3 is 0 Å². The second-order valence-corrected chi connectivity index (χ2v) is 20.6. The predicted molar refractivity (Wildman–Crippen MR) is 299 cm³/mol. The van der Waals surface area contributed by atoms with Crippen LogP contribution in [0.15, 0.2) is 241 Å². The SMILES string of the molecule is CC1(C)c2ccccc2-c2ccc(N(c3ccc4c(c3)-c3ccccc3-c3ccccc3C43c4ccccc4-c4c3ccc3c4oc4ccccc43)c3cccc4c3Oc3ccccc3-c3ccccc3-4)cc21. The van der Waals surface area contributed by atoms with Gasteiger partial charge in [-0.25, -0.2) is 0 Å². The Bertz CT molecular complexity index is 4360. The van der Waals surface area contributed by atoms with Crippen molar-refractivity contribution in [1.82, 2.24) is 0 Å². The normalized spacial score (nSPS) is 15.5. The molecule has 1 aromatic heterocycles. The van der Waals surface area contributed by atoms with E-state index in [0.717, 1.165) is 78.3 Å². The summed E-state index contributed by atoms with van der Waals surface area (Å²) in [6, 6.07) is 87.4. The summed E-state index contributed by atoms with van der Waals surface area (Å²) in [5.74, 6) is 1.65. The van der Waals surface area contributed by atoms with Gasteiger partial charge in [-0.05, 0) is 126 Å². The van der Waals surface area contributed by atoms with E-state index in [9.17, 15) is 0 Å². The van der Waals surface area contributed by atoms with Crippen LogP contribution >= 0.6 is 0 Å². The Balaban J connectivity index is 1.01. The molecule has 342 valence electrons. The zero-order chi connectivity index (χ0) is 48.2. The van der Waals surface area contributed by atoms with Crippen molar-refractivity contribution in [2.75, 3.05) is 4.90 Å². The van der Waals surface area contributed by atoms with Crippen LogP contribution in [0.4, 0.5) is 17.1 Å². The van der Waals surface area contributed by atoms with E-state index < -0.39 is 5.41 Å². The van der Waals surface area contributed by atoms with E-state index >= 15 is 0 Å². The van der Waals surface area contributed by atoms with Gasteiger partial charge in [-0.15, -0.1) is 0 Å². The molecule has 1 spiro atoms. The lowest BCUT2D eigenvalue weighted by Crippen LogP contribution is -2.29. The molecular weight excluding hydrogens is 887 g/mol. The standard InChI is InChI=1S/C70H45NO2/c1-69(2)57-28-12-7-23-49(57)50-36-34-43(41-62(50)69)71(63-31-17-27-53-46-20-5-4-19-45(46)51-24-10-15-32-64(51)72-67(53)63)42-35-38-60-56(40-42)47-21-6-3-18-44(47)48-22-8-13-29-58(48)70(60)59-30-14-9-26-55(59)66-61(70)39-37-54-52-25-11-16-33-65(52)73-68(54)66/h3-41H,1-2H3. The Labute approximate surface area is 423 Å². The number of ether oxygens (including phenoxy) is 1. The minimum Gasteiger partial charge on any atom is -0.455 e. The van der Waals surface area contributed by atoms with Crippen molar-refractivity contribution in [2.24, 2.45) is 0 Å². The summed E-state index contributed by atoms with van der Waals surface area (Å²) in [7, 11) is 0. The van der Waals surface area contributed by atoms with E-state index in [1.807, 2.05) is 0 Å². The Morgan fingerprint density at radius 3 is 1.64 bits per heavy atom. The highest BCUT2D eigenvalue weighted by Gasteiger charge is 2.51. The molecule has 1 aliphatic heterocycles. The third-order valence-corrected chi connectivity index (χ3v) is 16.7. The van der Waals surface area contributed by atoms with Gasteiger partial charge in [0, 0.05) is 44.3 Å². The molecule has 1 atom stereocenters. The number of nitrogens with zero attached hydrogens (tertiary/aromatic N) is 1. The van der Waals surface area contributed by atoms with Gasteiger partial charge in [-0.3, -0.25) is 0 Å². The van der Waals surface area contributed by atoms with E-state index in [0.29, 0.717) is 0 Å². The van der Waals surface area contributed by atoms with Gasteiger partial charge in [0.05, 0.1) is 11.1 Å². The van der Waals surface area contributed by atoms with E-state index in [1.165, 1.54) is 72.3 Å². The molecule has 16 rings (SSSR count). The van der Waals surface area contributed by atoms with Gasteiger partial charge in [-0.2, -0.15) is 0 Å². The predicted octanol–water partition coefficient (Wildman–Crippen LogP) is 18.8. The first-order valence-electron chi connectivity index (χ1n) is 25.4. The zero-order valence-electron chi connectivity index (χ0n) is 40.3. The molecule has 12 aromatic rings. The molecule has 4 aliphatic rings. The quantitative estimate of drug-likeness (QED) is 0.177. The number of furan rings is 1. The molecule has 3 heteroatoms. The first kappa shape index (κ1) is 40.5. The minimum atomic E-state index is -0.697. The van der Waals surface area contributed by atoms with Crippen molar-refractivity contribution in [1.29, 1.82) is 0 Å². The molecule has 0 bridgehead atoms. The summed E-state index contributed by atoms with van der Waals surface area (Å²) >= 11 is 0. The monoisotopic (exact) mass is 931 g/mol. The largest absolute Gasteiger partial charge is 0.455 e. The second kappa shape index (κ2) is 14.7. The van der Waals surface area contributed by atoms with Gasteiger partial charge in [0.25, 0.3) is 0 Å². The number of benzene rings is 11. The van der Waals surface area contributed by atoms with Crippen molar-refractivity contribution in [3.05, 3.63) is 270 Å². The van der Waals surface area contributed by atoms with E-state index in [1.54, 1.807) is 0 Å². The molecule has 0 saturated carbocycles. The first-order valence-corrected chi connectivity index (χ1v) is 25.4. The molecule has 3 nitrogen and oxygen atoms in total. The fourth-order valence-corrected chi connectivity index (χ4v) is 13.6. The van der Waals surface area contributed by atoms with Gasteiger partial charge in [-0.1, -0.05) is 208 Å². The summed E-state index contributed by atoms with van der Waals surface area (Å²) < 4.78 is 14.3. The Morgan fingerprint density at radius 1 is 0.342 bits per heavy atom. The lowest BCUT2D eigenvalue weighted by molar-refractivity contribution is 0.489. The summed E-state index contributed by atoms with van der Waals surface area (Å²) in [6.45, 7) is 4.73. The Morgan fingerprint density at radius 2 is 0.863 bits per heavy atom. The maximum absolute atomic E-state index is 7.32. The highest BCUT2D eigenvalue weighted by atomic mass is 16.5. The molecule has 0 saturated heterocycles. The number of para-hydroxylation sites is 3. The van der Waals surface area contributed by atoms with Crippen LogP contribution in [0, 0.1) is 0 Å². The summed E-state index contributed by atoms with van der Waals surface area (Å²) in [4.78, 5) is 2.46. The van der Waals surface area contributed by atoms with Gasteiger partial charge in [0.15, 0.2) is 5.75 Å². The van der Waals surface area contributed by atoms with Crippen LogP contribution in [-0.4, -0.2) is 0 Å². The van der Waals surface area contributed by atoms with Gasteiger partial charge in [0.2, 0.25) is 0 Å². The Kier molecular flexibility index (Phi) is 8.16. The average molecular weight is 932 g/mol. The molecule has 3 aliphatic carbocycles. The lowest BCUT2D eigenvalue weighted by Gasteiger charge is -2.36. The maximum atomic E-state index is 7.32. The van der Waals surface area contributed by atoms with E-state index in [4.69, 9.17) is 9.15 Å². The van der Waals surface area contributed by atoms with Crippen LogP contribution in [0.5, 0.6) is 11.5 Å². The third-order valence-electron chi connectivity index (χ3n) is 16.7. The van der Waals surface area contributed by atoms with Gasteiger partial charge in [0.1, 0.15) is 16.9 Å². The van der Waals surface area contributed by atoms with Crippen LogP contribution in [-0.2, 0) is 10.8 Å². The van der Waals surface area contributed by atoms with Crippen LogP contribution in [0.2, 0.25) is 0 Å². The van der Waals surface area contributed by atoms with Gasteiger partial charge < -0.3 is 14.1 Å². The Hall–Kier alpha value is -9.18. The van der Waals surface area contributed by atoms with E-state index in [2.05, 4.69) is 255 Å². The first-order chi connectivity index (χ1) is 36.0. The molecule has 0 radical (unpaired) electrons. The van der Waals surface area contributed by atoms with Crippen LogP contribution in [0.1, 0.15) is 47.2 Å². The third kappa shape index (κ3) is 5.33. The van der Waals surface area contributed by atoms with Crippen LogP contribution < -0.4 is 9.64 Å². The van der Waals surface area contributed by atoms with Crippen molar-refractivity contribution in [3.8, 4) is 78.3 Å². The lowest BCUT2D eigenvalue weighted by atomic mass is 9.66. The number of fused-ring (bicyclic) bond motifs is 24. The molecule has 11 aromatic carbocycles. The smallest absolute Gasteiger partial charge is 0.159 e. The number of rotatable bonds is 3. The van der Waals surface area contributed by atoms with Crippen LogP contribution in [0.3, 0.4) is 0 Å². The summed E-state index contributed by atoms with van der Waals surface area (Å²) in [5.41, 5.74) is 25.8. The highest BCUT2D eigenvalue weighted by molar-refractivity contribution is 6.13. The number of anilines is 3. The van der Waals surface area contributed by atoms with E-state index in [-0.39, 0.29) is 5.41 Å². The molecule has 73 heavy (non-hydrogen) atoms. The molecule has 0 N–H and O–H groups in total. The number of hydrogen-bond acceptors (Lipinski definition) is 3.